The van der Waals surface area contributed by atoms with E-state index in [-0.39, 0.29) is 11.6 Å². The number of anilines is 1. The molecule has 0 fully saturated rings. The summed E-state index contributed by atoms with van der Waals surface area (Å²) in [6.45, 7) is 2.77. The van der Waals surface area contributed by atoms with Crippen LogP contribution in [0.2, 0.25) is 0 Å². The Bertz CT molecular complexity index is 446. The zero-order valence-electron chi connectivity index (χ0n) is 10.2. The van der Waals surface area contributed by atoms with Gasteiger partial charge in [-0.2, -0.15) is 0 Å². The summed E-state index contributed by atoms with van der Waals surface area (Å²) in [5, 5.41) is 14.1. The minimum atomic E-state index is -0.989. The second-order valence-corrected chi connectivity index (χ2v) is 3.86. The van der Waals surface area contributed by atoms with Crippen molar-refractivity contribution in [1.29, 1.82) is 0 Å². The van der Waals surface area contributed by atoms with E-state index in [9.17, 15) is 9.59 Å². The van der Waals surface area contributed by atoms with Crippen molar-refractivity contribution >= 4 is 17.7 Å². The molecule has 0 heterocycles. The Balaban J connectivity index is 2.62. The Labute approximate surface area is 105 Å². The molecule has 0 aromatic heterocycles. The average molecular weight is 251 g/mol. The number of carbonyl (C=O) groups is 2. The zero-order chi connectivity index (χ0) is 13.5. The number of nitrogens with two attached hydrogens (primary N) is 1. The summed E-state index contributed by atoms with van der Waals surface area (Å²) in [6.07, 6.45) is 0.713. The molecule has 6 heteroatoms. The van der Waals surface area contributed by atoms with Gasteiger partial charge in [0.1, 0.15) is 0 Å². The van der Waals surface area contributed by atoms with E-state index in [1.807, 2.05) is 0 Å². The molecule has 0 saturated heterocycles. The third kappa shape index (κ3) is 4.06. The van der Waals surface area contributed by atoms with Crippen molar-refractivity contribution in [2.45, 2.75) is 13.3 Å². The first-order chi connectivity index (χ1) is 8.54. The Hall–Kier alpha value is -2.08. The van der Waals surface area contributed by atoms with Gasteiger partial charge in [-0.1, -0.05) is 0 Å². The number of carbonyl (C=O) groups excluding carboxylic acids is 1. The topological polar surface area (TPSA) is 104 Å². The normalized spacial score (nSPS) is 9.89. The molecule has 1 aromatic rings. The highest BCUT2D eigenvalue weighted by molar-refractivity contribution is 5.92. The van der Waals surface area contributed by atoms with Gasteiger partial charge in [0.25, 0.3) is 0 Å². The number of nitrogens with one attached hydrogen (secondary N) is 2. The number of rotatable bonds is 5. The number of amides is 2. The van der Waals surface area contributed by atoms with E-state index in [2.05, 4.69) is 10.6 Å². The second-order valence-electron chi connectivity index (χ2n) is 3.86. The van der Waals surface area contributed by atoms with Crippen LogP contribution in [0.4, 0.5) is 10.5 Å². The molecule has 98 valence electrons. The van der Waals surface area contributed by atoms with Crippen LogP contribution < -0.4 is 16.4 Å². The highest BCUT2D eigenvalue weighted by Crippen LogP contribution is 2.16. The second kappa shape index (κ2) is 6.61. The summed E-state index contributed by atoms with van der Waals surface area (Å²) in [4.78, 5) is 22.2. The fourth-order valence-electron chi connectivity index (χ4n) is 1.41. The minimum Gasteiger partial charge on any atom is -0.478 e. The SMILES string of the molecule is Cc1cc(C(=O)O)ccc1NC(=O)NCCCN. The molecule has 18 heavy (non-hydrogen) atoms. The zero-order valence-corrected chi connectivity index (χ0v) is 10.2. The quantitative estimate of drug-likeness (QED) is 0.589. The summed E-state index contributed by atoms with van der Waals surface area (Å²) in [5.41, 5.74) is 6.79. The summed E-state index contributed by atoms with van der Waals surface area (Å²) in [7, 11) is 0. The maximum absolute atomic E-state index is 11.5. The summed E-state index contributed by atoms with van der Waals surface area (Å²) in [6, 6.07) is 4.21. The fraction of sp³-hybridized carbons (Fsp3) is 0.333. The van der Waals surface area contributed by atoms with Crippen LogP contribution in [0.5, 0.6) is 0 Å². The fourth-order valence-corrected chi connectivity index (χ4v) is 1.41. The van der Waals surface area contributed by atoms with Crippen LogP contribution in [0.15, 0.2) is 18.2 Å². The highest BCUT2D eigenvalue weighted by Gasteiger charge is 2.07. The average Bonchev–Trinajstić information content (AvgIpc) is 2.32. The molecule has 0 atom stereocenters. The number of carboxylic acid groups (broad SMARTS) is 1. The minimum absolute atomic E-state index is 0.196. The van der Waals surface area contributed by atoms with Crippen molar-refractivity contribution in [1.82, 2.24) is 5.32 Å². The standard InChI is InChI=1S/C12H17N3O3/c1-8-7-9(11(16)17)3-4-10(8)15-12(18)14-6-2-5-13/h3-4,7H,2,5-6,13H2,1H3,(H,16,17)(H2,14,15,18). The van der Waals surface area contributed by atoms with Gasteiger partial charge in [-0.15, -0.1) is 0 Å². The monoisotopic (exact) mass is 251 g/mol. The van der Waals surface area contributed by atoms with Crippen molar-refractivity contribution in [2.24, 2.45) is 5.73 Å². The van der Waals surface area contributed by atoms with Gasteiger partial charge < -0.3 is 21.5 Å². The molecule has 1 rings (SSSR count). The van der Waals surface area contributed by atoms with Crippen molar-refractivity contribution in [3.8, 4) is 0 Å². The molecular formula is C12H17N3O3. The molecule has 0 radical (unpaired) electrons. The molecular weight excluding hydrogens is 234 g/mol. The number of aryl methyl sites for hydroxylation is 1. The number of carboxylic acids is 1. The summed E-state index contributed by atoms with van der Waals surface area (Å²) < 4.78 is 0. The third-order valence-corrected chi connectivity index (χ3v) is 2.39. The number of aromatic carboxylic acids is 1. The van der Waals surface area contributed by atoms with Crippen LogP contribution >= 0.6 is 0 Å². The molecule has 0 bridgehead atoms. The Morgan fingerprint density at radius 1 is 1.39 bits per heavy atom. The first kappa shape index (κ1) is 14.0. The molecule has 0 unspecified atom stereocenters. The van der Waals surface area contributed by atoms with Crippen LogP contribution in [0, 0.1) is 6.92 Å². The predicted molar refractivity (Wildman–Crippen MR) is 68.8 cm³/mol. The molecule has 6 nitrogen and oxygen atoms in total. The number of benzene rings is 1. The van der Waals surface area contributed by atoms with Gasteiger partial charge in [0.15, 0.2) is 0 Å². The summed E-state index contributed by atoms with van der Waals surface area (Å²) >= 11 is 0. The van der Waals surface area contributed by atoms with Crippen molar-refractivity contribution in [3.05, 3.63) is 29.3 Å². The maximum atomic E-state index is 11.5. The van der Waals surface area contributed by atoms with E-state index >= 15 is 0 Å². The van der Waals surface area contributed by atoms with Crippen LogP contribution in [0.3, 0.4) is 0 Å². The third-order valence-electron chi connectivity index (χ3n) is 2.39. The van der Waals surface area contributed by atoms with E-state index < -0.39 is 5.97 Å². The lowest BCUT2D eigenvalue weighted by Gasteiger charge is -2.10. The van der Waals surface area contributed by atoms with Crippen molar-refractivity contribution in [3.63, 3.8) is 0 Å². The van der Waals surface area contributed by atoms with E-state index in [1.165, 1.54) is 12.1 Å². The van der Waals surface area contributed by atoms with E-state index in [4.69, 9.17) is 10.8 Å². The number of hydrogen-bond donors (Lipinski definition) is 4. The molecule has 5 N–H and O–H groups in total. The van der Waals surface area contributed by atoms with Crippen LogP contribution in [0.1, 0.15) is 22.3 Å². The first-order valence-electron chi connectivity index (χ1n) is 5.63. The molecule has 0 spiro atoms. The van der Waals surface area contributed by atoms with Crippen molar-refractivity contribution < 1.29 is 14.7 Å². The lowest BCUT2D eigenvalue weighted by molar-refractivity contribution is 0.0697. The Morgan fingerprint density at radius 2 is 2.11 bits per heavy atom. The van der Waals surface area contributed by atoms with Gasteiger partial charge >= 0.3 is 12.0 Å². The first-order valence-corrected chi connectivity index (χ1v) is 5.63. The molecule has 1 aromatic carbocycles. The van der Waals surface area contributed by atoms with Crippen LogP contribution in [-0.4, -0.2) is 30.2 Å². The van der Waals surface area contributed by atoms with Gasteiger partial charge in [0.2, 0.25) is 0 Å². The number of hydrogen-bond acceptors (Lipinski definition) is 3. The van der Waals surface area contributed by atoms with Crippen molar-refractivity contribution in [2.75, 3.05) is 18.4 Å². The molecule has 2 amide bonds. The molecule has 0 aliphatic rings. The predicted octanol–water partition coefficient (Wildman–Crippen LogP) is 1.16. The van der Waals surface area contributed by atoms with Gasteiger partial charge in [-0.3, -0.25) is 0 Å². The smallest absolute Gasteiger partial charge is 0.335 e. The Morgan fingerprint density at radius 3 is 2.67 bits per heavy atom. The summed E-state index contributed by atoms with van der Waals surface area (Å²) in [5.74, 6) is -0.989. The van der Waals surface area contributed by atoms with Crippen LogP contribution in [-0.2, 0) is 0 Å². The number of urea groups is 1. The lowest BCUT2D eigenvalue weighted by atomic mass is 10.1. The van der Waals surface area contributed by atoms with E-state index in [1.54, 1.807) is 13.0 Å². The molecule has 0 aliphatic carbocycles. The van der Waals surface area contributed by atoms with Gasteiger partial charge in [0, 0.05) is 12.2 Å². The lowest BCUT2D eigenvalue weighted by Crippen LogP contribution is -2.30. The molecule has 0 saturated carbocycles. The highest BCUT2D eigenvalue weighted by atomic mass is 16.4. The van der Waals surface area contributed by atoms with Gasteiger partial charge in [-0.25, -0.2) is 9.59 Å². The van der Waals surface area contributed by atoms with E-state index in [0.29, 0.717) is 30.8 Å². The van der Waals surface area contributed by atoms with Crippen LogP contribution in [0.25, 0.3) is 0 Å². The maximum Gasteiger partial charge on any atom is 0.335 e. The van der Waals surface area contributed by atoms with Gasteiger partial charge in [-0.05, 0) is 43.7 Å². The van der Waals surface area contributed by atoms with E-state index in [0.717, 1.165) is 0 Å². The Kier molecular flexibility index (Phi) is 5.13. The molecule has 0 aliphatic heterocycles. The largest absolute Gasteiger partial charge is 0.478 e. The van der Waals surface area contributed by atoms with Gasteiger partial charge in [0.05, 0.1) is 5.56 Å².